The van der Waals surface area contributed by atoms with Gasteiger partial charge in [-0.3, -0.25) is 0 Å². The highest BCUT2D eigenvalue weighted by molar-refractivity contribution is 7.26. The molecule has 0 radical (unpaired) electrons. The normalized spacial score (nSPS) is 13.9. The van der Waals surface area contributed by atoms with E-state index >= 15 is 0 Å². The molecule has 0 amide bonds. The molecule has 1 aliphatic rings. The Hall–Kier alpha value is -2.84. The highest BCUT2D eigenvalue weighted by Crippen LogP contribution is 2.39. The SMILES string of the molecule is C1=CCCC(c2ccc(Nc3cccc4c3sc3ccccc34)cc2)=C1. The van der Waals surface area contributed by atoms with Gasteiger partial charge < -0.3 is 5.32 Å². The topological polar surface area (TPSA) is 12.0 Å². The molecule has 0 aliphatic heterocycles. The average Bonchev–Trinajstić information content (AvgIpc) is 3.09. The van der Waals surface area contributed by atoms with Gasteiger partial charge in [0.05, 0.1) is 10.4 Å². The van der Waals surface area contributed by atoms with Crippen LogP contribution >= 0.6 is 11.3 Å². The first-order valence-corrected chi connectivity index (χ1v) is 9.83. The molecule has 0 unspecified atom stereocenters. The zero-order valence-corrected chi connectivity index (χ0v) is 15.2. The molecule has 1 aromatic heterocycles. The predicted octanol–water partition coefficient (Wildman–Crippen LogP) is 7.53. The van der Waals surface area contributed by atoms with E-state index in [1.165, 1.54) is 37.0 Å². The van der Waals surface area contributed by atoms with Crippen molar-refractivity contribution in [2.24, 2.45) is 0 Å². The Balaban J connectivity index is 1.49. The number of benzene rings is 3. The third-order valence-electron chi connectivity index (χ3n) is 4.95. The summed E-state index contributed by atoms with van der Waals surface area (Å²) in [5.41, 5.74) is 5.05. The van der Waals surface area contributed by atoms with Crippen molar-refractivity contribution in [3.8, 4) is 0 Å². The van der Waals surface area contributed by atoms with Crippen LogP contribution in [-0.4, -0.2) is 0 Å². The van der Waals surface area contributed by atoms with Gasteiger partial charge in [0.1, 0.15) is 0 Å². The molecule has 0 spiro atoms. The Kier molecular flexibility index (Phi) is 3.84. The van der Waals surface area contributed by atoms with Gasteiger partial charge in [-0.2, -0.15) is 0 Å². The van der Waals surface area contributed by atoms with Gasteiger partial charge in [0.2, 0.25) is 0 Å². The molecule has 4 aromatic rings. The lowest BCUT2D eigenvalue weighted by Gasteiger charge is -2.11. The van der Waals surface area contributed by atoms with E-state index in [1.807, 2.05) is 11.3 Å². The Labute approximate surface area is 157 Å². The number of hydrogen-bond donors (Lipinski definition) is 1. The summed E-state index contributed by atoms with van der Waals surface area (Å²) in [5.74, 6) is 0. The Morgan fingerprint density at radius 3 is 2.50 bits per heavy atom. The first-order valence-electron chi connectivity index (χ1n) is 9.02. The fraction of sp³-hybridized carbons (Fsp3) is 0.0833. The summed E-state index contributed by atoms with van der Waals surface area (Å²) in [6.07, 6.45) is 8.88. The van der Waals surface area contributed by atoms with E-state index < -0.39 is 0 Å². The van der Waals surface area contributed by atoms with Crippen LogP contribution in [0.3, 0.4) is 0 Å². The minimum absolute atomic E-state index is 1.13. The highest BCUT2D eigenvalue weighted by Gasteiger charge is 2.09. The van der Waals surface area contributed by atoms with Gasteiger partial charge in [-0.05, 0) is 48.2 Å². The Morgan fingerprint density at radius 2 is 1.65 bits per heavy atom. The number of rotatable bonds is 3. The van der Waals surface area contributed by atoms with Gasteiger partial charge in [0, 0.05) is 21.2 Å². The third-order valence-corrected chi connectivity index (χ3v) is 6.17. The quantitative estimate of drug-likeness (QED) is 0.401. The number of thiophene rings is 1. The van der Waals surface area contributed by atoms with E-state index in [2.05, 4.69) is 90.3 Å². The van der Waals surface area contributed by atoms with E-state index in [4.69, 9.17) is 0 Å². The van der Waals surface area contributed by atoms with E-state index in [-0.39, 0.29) is 0 Å². The second-order valence-electron chi connectivity index (χ2n) is 6.64. The van der Waals surface area contributed by atoms with Crippen molar-refractivity contribution in [2.75, 3.05) is 5.32 Å². The van der Waals surface area contributed by atoms with Crippen LogP contribution < -0.4 is 5.32 Å². The molecular formula is C24H19NS. The van der Waals surface area contributed by atoms with Gasteiger partial charge in [-0.1, -0.05) is 60.7 Å². The largest absolute Gasteiger partial charge is 0.354 e. The summed E-state index contributed by atoms with van der Waals surface area (Å²) < 4.78 is 2.65. The van der Waals surface area contributed by atoms with Crippen LogP contribution in [0.4, 0.5) is 11.4 Å². The smallest absolute Gasteiger partial charge is 0.0590 e. The summed E-state index contributed by atoms with van der Waals surface area (Å²) >= 11 is 1.85. The minimum atomic E-state index is 1.13. The van der Waals surface area contributed by atoms with Crippen LogP contribution in [0.15, 0.2) is 85.0 Å². The number of allylic oxidation sites excluding steroid dienone is 4. The minimum Gasteiger partial charge on any atom is -0.354 e. The second kappa shape index (κ2) is 6.47. The lowest BCUT2D eigenvalue weighted by molar-refractivity contribution is 1.05. The number of hydrogen-bond acceptors (Lipinski definition) is 2. The van der Waals surface area contributed by atoms with E-state index in [9.17, 15) is 0 Å². The Bertz CT molecular complexity index is 1150. The summed E-state index contributed by atoms with van der Waals surface area (Å²) in [6, 6.07) is 24.0. The van der Waals surface area contributed by atoms with Crippen LogP contribution in [0.1, 0.15) is 18.4 Å². The zero-order chi connectivity index (χ0) is 17.3. The lowest BCUT2D eigenvalue weighted by Crippen LogP contribution is -1.92. The fourth-order valence-corrected chi connectivity index (χ4v) is 4.78. The van der Waals surface area contributed by atoms with Crippen molar-refractivity contribution >= 4 is 48.5 Å². The maximum atomic E-state index is 3.61. The molecule has 0 atom stereocenters. The van der Waals surface area contributed by atoms with Crippen LogP contribution in [0, 0.1) is 0 Å². The summed E-state index contributed by atoms with van der Waals surface area (Å²) in [4.78, 5) is 0. The molecule has 1 heterocycles. The first kappa shape index (κ1) is 15.4. The average molecular weight is 353 g/mol. The van der Waals surface area contributed by atoms with Gasteiger partial charge in [-0.25, -0.2) is 0 Å². The van der Waals surface area contributed by atoms with Crippen molar-refractivity contribution in [1.82, 2.24) is 0 Å². The van der Waals surface area contributed by atoms with Crippen molar-refractivity contribution in [3.63, 3.8) is 0 Å². The Morgan fingerprint density at radius 1 is 0.808 bits per heavy atom. The molecule has 5 rings (SSSR count). The lowest BCUT2D eigenvalue weighted by atomic mass is 9.97. The predicted molar refractivity (Wildman–Crippen MR) is 115 cm³/mol. The van der Waals surface area contributed by atoms with Crippen LogP contribution in [0.2, 0.25) is 0 Å². The van der Waals surface area contributed by atoms with Gasteiger partial charge in [0.15, 0.2) is 0 Å². The van der Waals surface area contributed by atoms with Crippen molar-refractivity contribution in [1.29, 1.82) is 0 Å². The number of anilines is 2. The molecule has 2 heteroatoms. The standard InChI is InChI=1S/C24H19NS/c1-2-7-17(8-3-1)18-13-15-19(16-14-18)25-22-11-6-10-21-20-9-4-5-12-23(20)26-24(21)22/h1-2,4-7,9-16,25H,3,8H2. The molecule has 0 fully saturated rings. The van der Waals surface area contributed by atoms with Crippen molar-refractivity contribution < 1.29 is 0 Å². The molecular weight excluding hydrogens is 334 g/mol. The molecule has 1 aliphatic carbocycles. The summed E-state index contributed by atoms with van der Waals surface area (Å²) in [5, 5.41) is 6.28. The summed E-state index contributed by atoms with van der Waals surface area (Å²) in [7, 11) is 0. The van der Waals surface area contributed by atoms with Crippen LogP contribution in [-0.2, 0) is 0 Å². The van der Waals surface area contributed by atoms with E-state index in [1.54, 1.807) is 0 Å². The monoisotopic (exact) mass is 353 g/mol. The number of nitrogens with one attached hydrogen (secondary N) is 1. The first-order chi connectivity index (χ1) is 12.9. The highest BCUT2D eigenvalue weighted by atomic mass is 32.1. The van der Waals surface area contributed by atoms with E-state index in [0.29, 0.717) is 0 Å². The molecule has 1 N–H and O–H groups in total. The zero-order valence-electron chi connectivity index (χ0n) is 14.4. The van der Waals surface area contributed by atoms with Crippen molar-refractivity contribution in [3.05, 3.63) is 90.5 Å². The molecule has 0 bridgehead atoms. The molecule has 1 nitrogen and oxygen atoms in total. The fourth-order valence-electron chi connectivity index (χ4n) is 3.61. The molecule has 0 saturated carbocycles. The molecule has 126 valence electrons. The summed E-state index contributed by atoms with van der Waals surface area (Å²) in [6.45, 7) is 0. The molecule has 0 saturated heterocycles. The van der Waals surface area contributed by atoms with Gasteiger partial charge in [-0.15, -0.1) is 11.3 Å². The van der Waals surface area contributed by atoms with E-state index in [0.717, 1.165) is 18.5 Å². The van der Waals surface area contributed by atoms with Gasteiger partial charge >= 0.3 is 0 Å². The molecule has 26 heavy (non-hydrogen) atoms. The van der Waals surface area contributed by atoms with Crippen LogP contribution in [0.25, 0.3) is 25.7 Å². The van der Waals surface area contributed by atoms with Gasteiger partial charge in [0.25, 0.3) is 0 Å². The van der Waals surface area contributed by atoms with Crippen molar-refractivity contribution in [2.45, 2.75) is 12.8 Å². The van der Waals surface area contributed by atoms with Crippen LogP contribution in [0.5, 0.6) is 0 Å². The number of fused-ring (bicyclic) bond motifs is 3. The third kappa shape index (κ3) is 2.73. The maximum Gasteiger partial charge on any atom is 0.0590 e. The molecule has 3 aromatic carbocycles. The second-order valence-corrected chi connectivity index (χ2v) is 7.69. The maximum absolute atomic E-state index is 3.61.